The summed E-state index contributed by atoms with van der Waals surface area (Å²) in [6.45, 7) is 1.59. The fraction of sp³-hybridized carbons (Fsp3) is 0.400. The van der Waals surface area contributed by atoms with Crippen LogP contribution in [0, 0.1) is 0 Å². The highest BCUT2D eigenvalue weighted by atomic mass is 16.3. The van der Waals surface area contributed by atoms with Crippen molar-refractivity contribution in [2.75, 3.05) is 6.54 Å². The van der Waals surface area contributed by atoms with Crippen molar-refractivity contribution in [1.82, 2.24) is 5.32 Å². The Morgan fingerprint density at radius 1 is 1.25 bits per heavy atom. The minimum absolute atomic E-state index is 0.228. The molecule has 2 rings (SSSR count). The highest BCUT2D eigenvalue weighted by Gasteiger charge is 2.12. The van der Waals surface area contributed by atoms with E-state index in [0.717, 1.165) is 13.0 Å². The second kappa shape index (κ2) is 3.25. The summed E-state index contributed by atoms with van der Waals surface area (Å²) in [5, 5.41) is 12.7. The molecule has 1 aliphatic heterocycles. The van der Waals surface area contributed by atoms with Crippen LogP contribution in [-0.4, -0.2) is 17.8 Å². The van der Waals surface area contributed by atoms with Gasteiger partial charge in [0.15, 0.2) is 0 Å². The van der Waals surface area contributed by atoms with E-state index in [1.165, 1.54) is 11.1 Å². The molecule has 64 valence electrons. The Bertz CT molecular complexity index is 272. The number of aliphatic hydroxyl groups excluding tert-OH is 1. The smallest absolute Gasteiger partial charge is 0.0705 e. The van der Waals surface area contributed by atoms with Crippen molar-refractivity contribution in [3.8, 4) is 0 Å². The number of hydrogen-bond donors (Lipinski definition) is 2. The highest BCUT2D eigenvalue weighted by Crippen LogP contribution is 2.13. The Hall–Kier alpha value is -0.860. The summed E-state index contributed by atoms with van der Waals surface area (Å²) in [5.41, 5.74) is 2.59. The van der Waals surface area contributed by atoms with E-state index in [2.05, 4.69) is 17.4 Å². The molecule has 0 fully saturated rings. The van der Waals surface area contributed by atoms with Crippen molar-refractivity contribution in [3.63, 3.8) is 0 Å². The van der Waals surface area contributed by atoms with Gasteiger partial charge in [-0.1, -0.05) is 24.3 Å². The van der Waals surface area contributed by atoms with Crippen LogP contribution in [-0.2, 0) is 13.0 Å². The first-order chi connectivity index (χ1) is 5.86. The van der Waals surface area contributed by atoms with E-state index in [9.17, 15) is 5.11 Å². The molecule has 0 saturated heterocycles. The molecule has 0 saturated carbocycles. The van der Waals surface area contributed by atoms with Crippen molar-refractivity contribution in [2.45, 2.75) is 19.1 Å². The number of aliphatic hydroxyl groups is 1. The van der Waals surface area contributed by atoms with Gasteiger partial charge in [0.25, 0.3) is 0 Å². The van der Waals surface area contributed by atoms with Crippen LogP contribution in [0.3, 0.4) is 0 Å². The third kappa shape index (κ3) is 1.49. The van der Waals surface area contributed by atoms with Gasteiger partial charge in [0.2, 0.25) is 0 Å². The first kappa shape index (κ1) is 7.77. The van der Waals surface area contributed by atoms with E-state index < -0.39 is 0 Å². The van der Waals surface area contributed by atoms with Crippen LogP contribution in [0.5, 0.6) is 0 Å². The monoisotopic (exact) mass is 163 g/mol. The zero-order valence-corrected chi connectivity index (χ0v) is 6.96. The predicted molar refractivity (Wildman–Crippen MR) is 47.9 cm³/mol. The maximum absolute atomic E-state index is 9.47. The van der Waals surface area contributed by atoms with Gasteiger partial charge in [0.05, 0.1) is 6.10 Å². The summed E-state index contributed by atoms with van der Waals surface area (Å²) in [4.78, 5) is 0. The third-order valence-corrected chi connectivity index (χ3v) is 2.27. The molecule has 0 bridgehead atoms. The Morgan fingerprint density at radius 3 is 2.83 bits per heavy atom. The molecule has 2 heteroatoms. The number of β-amino-alcohol motifs (C(OH)–C–C–N with tert-alkyl or cyclic N) is 1. The zero-order valence-electron chi connectivity index (χ0n) is 6.96. The van der Waals surface area contributed by atoms with Gasteiger partial charge < -0.3 is 10.4 Å². The van der Waals surface area contributed by atoms with Crippen molar-refractivity contribution >= 4 is 0 Å². The number of benzene rings is 1. The van der Waals surface area contributed by atoms with Gasteiger partial charge in [-0.2, -0.15) is 0 Å². The zero-order chi connectivity index (χ0) is 8.39. The second-order valence-electron chi connectivity index (χ2n) is 3.26. The molecule has 1 atom stereocenters. The predicted octanol–water partition coefficient (Wildman–Crippen LogP) is 0.693. The van der Waals surface area contributed by atoms with Crippen LogP contribution in [0.2, 0.25) is 0 Å². The molecular weight excluding hydrogens is 150 g/mol. The van der Waals surface area contributed by atoms with E-state index in [0.29, 0.717) is 6.54 Å². The lowest BCUT2D eigenvalue weighted by atomic mass is 10.0. The van der Waals surface area contributed by atoms with E-state index in [-0.39, 0.29) is 6.10 Å². The van der Waals surface area contributed by atoms with Gasteiger partial charge in [0, 0.05) is 13.1 Å². The van der Waals surface area contributed by atoms with Gasteiger partial charge >= 0.3 is 0 Å². The minimum atomic E-state index is -0.228. The molecule has 1 aliphatic rings. The molecule has 2 nitrogen and oxygen atoms in total. The SMILES string of the molecule is OC1CNCc2ccccc2C1. The highest BCUT2D eigenvalue weighted by molar-refractivity contribution is 5.28. The van der Waals surface area contributed by atoms with Crippen LogP contribution >= 0.6 is 0 Å². The van der Waals surface area contributed by atoms with Crippen LogP contribution in [0.25, 0.3) is 0 Å². The number of rotatable bonds is 0. The summed E-state index contributed by atoms with van der Waals surface area (Å²) in [5.74, 6) is 0. The largest absolute Gasteiger partial charge is 0.391 e. The van der Waals surface area contributed by atoms with E-state index >= 15 is 0 Å². The average Bonchev–Trinajstić information content (AvgIpc) is 2.25. The van der Waals surface area contributed by atoms with E-state index in [1.807, 2.05) is 12.1 Å². The first-order valence-electron chi connectivity index (χ1n) is 4.32. The van der Waals surface area contributed by atoms with Crippen molar-refractivity contribution in [1.29, 1.82) is 0 Å². The average molecular weight is 163 g/mol. The van der Waals surface area contributed by atoms with Crippen molar-refractivity contribution in [2.24, 2.45) is 0 Å². The molecule has 2 N–H and O–H groups in total. The fourth-order valence-electron chi connectivity index (χ4n) is 1.63. The lowest BCUT2D eigenvalue weighted by molar-refractivity contribution is 0.175. The second-order valence-corrected chi connectivity index (χ2v) is 3.26. The van der Waals surface area contributed by atoms with Gasteiger partial charge in [0.1, 0.15) is 0 Å². The topological polar surface area (TPSA) is 32.3 Å². The van der Waals surface area contributed by atoms with Crippen molar-refractivity contribution in [3.05, 3.63) is 35.4 Å². The summed E-state index contributed by atoms with van der Waals surface area (Å²) in [6, 6.07) is 8.26. The van der Waals surface area contributed by atoms with Crippen LogP contribution < -0.4 is 5.32 Å². The Balaban J connectivity index is 2.31. The molecule has 0 amide bonds. The normalized spacial score (nSPS) is 22.9. The molecule has 1 heterocycles. The summed E-state index contributed by atoms with van der Waals surface area (Å²) in [7, 11) is 0. The van der Waals surface area contributed by atoms with Crippen LogP contribution in [0.1, 0.15) is 11.1 Å². The molecule has 1 aromatic carbocycles. The quantitative estimate of drug-likeness (QED) is 0.590. The Labute approximate surface area is 72.2 Å². The molecule has 12 heavy (non-hydrogen) atoms. The standard InChI is InChI=1S/C10H13NO/c12-10-5-8-3-1-2-4-9(8)6-11-7-10/h1-4,10-12H,5-7H2. The van der Waals surface area contributed by atoms with E-state index in [4.69, 9.17) is 0 Å². The molecule has 1 aromatic rings. The summed E-state index contributed by atoms with van der Waals surface area (Å²) in [6.07, 6.45) is 0.553. The van der Waals surface area contributed by atoms with Gasteiger partial charge in [-0.25, -0.2) is 0 Å². The fourth-order valence-corrected chi connectivity index (χ4v) is 1.63. The third-order valence-electron chi connectivity index (χ3n) is 2.27. The molecule has 0 spiro atoms. The van der Waals surface area contributed by atoms with Crippen LogP contribution in [0.4, 0.5) is 0 Å². The molecule has 0 radical (unpaired) electrons. The number of hydrogen-bond acceptors (Lipinski definition) is 2. The molecular formula is C10H13NO. The lowest BCUT2D eigenvalue weighted by Gasteiger charge is -2.05. The Kier molecular flexibility index (Phi) is 2.11. The van der Waals surface area contributed by atoms with Gasteiger partial charge in [-0.05, 0) is 17.5 Å². The maximum atomic E-state index is 9.47. The minimum Gasteiger partial charge on any atom is -0.391 e. The molecule has 0 aromatic heterocycles. The first-order valence-corrected chi connectivity index (χ1v) is 4.32. The Morgan fingerprint density at radius 2 is 2.00 bits per heavy atom. The maximum Gasteiger partial charge on any atom is 0.0705 e. The van der Waals surface area contributed by atoms with Gasteiger partial charge in [-0.15, -0.1) is 0 Å². The number of nitrogens with one attached hydrogen (secondary N) is 1. The molecule has 0 aliphatic carbocycles. The van der Waals surface area contributed by atoms with Gasteiger partial charge in [-0.3, -0.25) is 0 Å². The van der Waals surface area contributed by atoms with Crippen molar-refractivity contribution < 1.29 is 5.11 Å². The number of fused-ring (bicyclic) bond motifs is 1. The summed E-state index contributed by atoms with van der Waals surface area (Å²) >= 11 is 0. The molecule has 1 unspecified atom stereocenters. The van der Waals surface area contributed by atoms with Crippen LogP contribution in [0.15, 0.2) is 24.3 Å². The van der Waals surface area contributed by atoms with E-state index in [1.54, 1.807) is 0 Å². The lowest BCUT2D eigenvalue weighted by Crippen LogP contribution is -2.24. The summed E-state index contributed by atoms with van der Waals surface area (Å²) < 4.78 is 0.